The Balaban J connectivity index is 1.32. The largest absolute Gasteiger partial charge is 0.493 e. The van der Waals surface area contributed by atoms with Gasteiger partial charge in [-0.05, 0) is 81.1 Å². The smallest absolute Gasteiger partial charge is 0.417 e. The summed E-state index contributed by atoms with van der Waals surface area (Å²) in [5, 5.41) is 9.04. The highest BCUT2D eigenvalue weighted by atomic mass is 19.4. The van der Waals surface area contributed by atoms with Crippen molar-refractivity contribution in [3.8, 4) is 11.8 Å². The number of benzene rings is 2. The Labute approximate surface area is 211 Å². The Morgan fingerprint density at radius 2 is 1.75 bits per heavy atom. The van der Waals surface area contributed by atoms with Crippen molar-refractivity contribution in [3.63, 3.8) is 0 Å². The standard InChI is InChI=1S/C28H34F3N3O2/c1-21-17-22(20-33-12-3-4-13-33)5-8-26(21)36-16-11-27(35-2)9-14-34(15-10-27)24-7-6-23(19-32)25(18-24)28(29,30)31/h5-8,17-18H,3-4,9-16,20H2,1-2H3. The van der Waals surface area contributed by atoms with Gasteiger partial charge < -0.3 is 14.4 Å². The lowest BCUT2D eigenvalue weighted by atomic mass is 9.87. The summed E-state index contributed by atoms with van der Waals surface area (Å²) < 4.78 is 52.1. The van der Waals surface area contributed by atoms with E-state index in [0.717, 1.165) is 23.9 Å². The summed E-state index contributed by atoms with van der Waals surface area (Å²) in [7, 11) is 1.69. The van der Waals surface area contributed by atoms with E-state index in [-0.39, 0.29) is 11.2 Å². The molecule has 0 bridgehead atoms. The summed E-state index contributed by atoms with van der Waals surface area (Å²) in [5.74, 6) is 0.876. The number of halogens is 3. The van der Waals surface area contributed by atoms with Crippen molar-refractivity contribution < 1.29 is 22.6 Å². The SMILES string of the molecule is COC1(CCOc2ccc(CN3CCCC3)cc2C)CCN(c2ccc(C#N)c(C(F)(F)F)c2)CC1. The van der Waals surface area contributed by atoms with E-state index in [2.05, 4.69) is 24.0 Å². The molecule has 2 aliphatic heterocycles. The number of aryl methyl sites for hydroxylation is 1. The molecule has 2 aromatic carbocycles. The zero-order chi connectivity index (χ0) is 25.8. The maximum atomic E-state index is 13.4. The van der Waals surface area contributed by atoms with Gasteiger partial charge in [-0.3, -0.25) is 4.90 Å². The number of hydrogen-bond acceptors (Lipinski definition) is 5. The molecule has 2 aliphatic rings. The van der Waals surface area contributed by atoms with Crippen LogP contribution in [-0.4, -0.2) is 50.4 Å². The van der Waals surface area contributed by atoms with E-state index in [1.54, 1.807) is 19.2 Å². The van der Waals surface area contributed by atoms with E-state index >= 15 is 0 Å². The fourth-order valence-corrected chi connectivity index (χ4v) is 5.31. The Morgan fingerprint density at radius 1 is 1.03 bits per heavy atom. The van der Waals surface area contributed by atoms with Crippen molar-refractivity contribution in [2.75, 3.05) is 44.8 Å². The lowest BCUT2D eigenvalue weighted by Gasteiger charge is -2.42. The quantitative estimate of drug-likeness (QED) is 0.448. The lowest BCUT2D eigenvalue weighted by molar-refractivity contribution is -0.137. The number of anilines is 1. The summed E-state index contributed by atoms with van der Waals surface area (Å²) >= 11 is 0. The molecule has 0 N–H and O–H groups in total. The predicted molar refractivity (Wildman–Crippen MR) is 133 cm³/mol. The molecule has 194 valence electrons. The van der Waals surface area contributed by atoms with Gasteiger partial charge in [0.05, 0.1) is 29.4 Å². The fraction of sp³-hybridized carbons (Fsp3) is 0.536. The van der Waals surface area contributed by atoms with Gasteiger partial charge >= 0.3 is 6.18 Å². The molecule has 2 heterocycles. The van der Waals surface area contributed by atoms with Crippen LogP contribution in [0.1, 0.15) is 54.4 Å². The van der Waals surface area contributed by atoms with Gasteiger partial charge in [-0.15, -0.1) is 0 Å². The Kier molecular flexibility index (Phi) is 8.11. The minimum absolute atomic E-state index is 0.356. The highest BCUT2D eigenvalue weighted by Crippen LogP contribution is 2.37. The second kappa shape index (κ2) is 11.1. The molecule has 0 amide bonds. The number of hydrogen-bond donors (Lipinski definition) is 0. The first kappa shape index (κ1) is 26.3. The second-order valence-electron chi connectivity index (χ2n) is 9.90. The van der Waals surface area contributed by atoms with Gasteiger partial charge in [-0.2, -0.15) is 18.4 Å². The number of rotatable bonds is 8. The van der Waals surface area contributed by atoms with Crippen LogP contribution in [0.4, 0.5) is 18.9 Å². The van der Waals surface area contributed by atoms with Crippen LogP contribution in [0.2, 0.25) is 0 Å². The van der Waals surface area contributed by atoms with Crippen LogP contribution >= 0.6 is 0 Å². The van der Waals surface area contributed by atoms with E-state index < -0.39 is 11.7 Å². The highest BCUT2D eigenvalue weighted by molar-refractivity contribution is 5.55. The molecule has 4 rings (SSSR count). The van der Waals surface area contributed by atoms with Gasteiger partial charge in [0, 0.05) is 38.9 Å². The predicted octanol–water partition coefficient (Wildman–Crippen LogP) is 5.94. The van der Waals surface area contributed by atoms with Crippen LogP contribution in [0.25, 0.3) is 0 Å². The van der Waals surface area contributed by atoms with Gasteiger partial charge in [0.1, 0.15) is 5.75 Å². The molecule has 2 aromatic rings. The summed E-state index contributed by atoms with van der Waals surface area (Å²) in [5.41, 5.74) is 1.28. The van der Waals surface area contributed by atoms with Gasteiger partial charge in [0.15, 0.2) is 0 Å². The molecule has 0 unspecified atom stereocenters. The zero-order valence-corrected chi connectivity index (χ0v) is 21.0. The average molecular weight is 502 g/mol. The van der Waals surface area contributed by atoms with E-state index in [4.69, 9.17) is 14.7 Å². The van der Waals surface area contributed by atoms with Gasteiger partial charge in [-0.25, -0.2) is 0 Å². The minimum atomic E-state index is -4.56. The summed E-state index contributed by atoms with van der Waals surface area (Å²) in [6.45, 7) is 7.04. The number of piperidine rings is 1. The minimum Gasteiger partial charge on any atom is -0.493 e. The molecule has 8 heteroatoms. The van der Waals surface area contributed by atoms with Crippen LogP contribution in [0.15, 0.2) is 36.4 Å². The third-order valence-electron chi connectivity index (χ3n) is 7.56. The van der Waals surface area contributed by atoms with Crippen molar-refractivity contribution in [1.82, 2.24) is 4.90 Å². The summed E-state index contributed by atoms with van der Waals surface area (Å²) in [6.07, 6.45) is 0.0644. The van der Waals surface area contributed by atoms with Gasteiger partial charge in [0.25, 0.3) is 0 Å². The maximum Gasteiger partial charge on any atom is 0.417 e. The molecule has 0 atom stereocenters. The topological polar surface area (TPSA) is 48.7 Å². The molecule has 0 saturated carbocycles. The highest BCUT2D eigenvalue weighted by Gasteiger charge is 2.37. The summed E-state index contributed by atoms with van der Waals surface area (Å²) in [4.78, 5) is 4.41. The molecule has 2 saturated heterocycles. The molecule has 5 nitrogen and oxygen atoms in total. The Bertz CT molecular complexity index is 1080. The van der Waals surface area contributed by atoms with Gasteiger partial charge in [0.2, 0.25) is 0 Å². The van der Waals surface area contributed by atoms with Crippen LogP contribution in [-0.2, 0) is 17.5 Å². The molecule has 0 aromatic heterocycles. The number of nitrogens with zero attached hydrogens (tertiary/aromatic N) is 3. The lowest BCUT2D eigenvalue weighted by Crippen LogP contribution is -2.46. The fourth-order valence-electron chi connectivity index (χ4n) is 5.31. The normalized spacial score (nSPS) is 18.3. The molecular weight excluding hydrogens is 467 g/mol. The van der Waals surface area contributed by atoms with Crippen LogP contribution in [0.5, 0.6) is 5.75 Å². The number of nitriles is 1. The van der Waals surface area contributed by atoms with E-state index in [9.17, 15) is 13.2 Å². The number of methoxy groups -OCH3 is 1. The van der Waals surface area contributed by atoms with Crippen LogP contribution in [0, 0.1) is 18.3 Å². The van der Waals surface area contributed by atoms with Crippen molar-refractivity contribution >= 4 is 5.69 Å². The van der Waals surface area contributed by atoms with Crippen molar-refractivity contribution in [1.29, 1.82) is 5.26 Å². The first-order valence-corrected chi connectivity index (χ1v) is 12.6. The first-order valence-electron chi connectivity index (χ1n) is 12.6. The second-order valence-corrected chi connectivity index (χ2v) is 9.90. The van der Waals surface area contributed by atoms with Gasteiger partial charge in [-0.1, -0.05) is 12.1 Å². The summed E-state index contributed by atoms with van der Waals surface area (Å²) in [6, 6.07) is 11.9. The molecule has 36 heavy (non-hydrogen) atoms. The van der Waals surface area contributed by atoms with Crippen molar-refractivity contribution in [2.45, 2.75) is 57.3 Å². The third-order valence-corrected chi connectivity index (χ3v) is 7.56. The van der Waals surface area contributed by atoms with Crippen LogP contribution in [0.3, 0.4) is 0 Å². The average Bonchev–Trinajstić information content (AvgIpc) is 3.38. The van der Waals surface area contributed by atoms with E-state index in [1.807, 2.05) is 11.0 Å². The van der Waals surface area contributed by atoms with E-state index in [1.165, 1.54) is 37.6 Å². The maximum absolute atomic E-state index is 13.4. The van der Waals surface area contributed by atoms with E-state index in [0.29, 0.717) is 44.6 Å². The first-order chi connectivity index (χ1) is 17.2. The third kappa shape index (κ3) is 6.13. The zero-order valence-electron chi connectivity index (χ0n) is 21.0. The van der Waals surface area contributed by atoms with Crippen molar-refractivity contribution in [2.24, 2.45) is 0 Å². The number of ether oxygens (including phenoxy) is 2. The Hall–Kier alpha value is -2.76. The molecule has 0 spiro atoms. The number of likely N-dealkylation sites (tertiary alicyclic amines) is 1. The number of alkyl halides is 3. The molecular formula is C28H34F3N3O2. The Morgan fingerprint density at radius 3 is 2.36 bits per heavy atom. The van der Waals surface area contributed by atoms with Crippen LogP contribution < -0.4 is 9.64 Å². The molecule has 0 aliphatic carbocycles. The molecule has 0 radical (unpaired) electrons. The monoisotopic (exact) mass is 501 g/mol. The molecule has 2 fully saturated rings. The van der Waals surface area contributed by atoms with Crippen molar-refractivity contribution in [3.05, 3.63) is 58.7 Å².